The predicted octanol–water partition coefficient (Wildman–Crippen LogP) is 3.22. The number of anilines is 1. The molecular weight excluding hydrogens is 400 g/mol. The minimum Gasteiger partial charge on any atom is -0.365 e. The van der Waals surface area contributed by atoms with Gasteiger partial charge in [-0.15, -0.1) is 0 Å². The monoisotopic (exact) mass is 428 g/mol. The zero-order valence-corrected chi connectivity index (χ0v) is 18.2. The minimum absolute atomic E-state index is 0.133. The number of rotatable bonds is 4. The van der Waals surface area contributed by atoms with E-state index in [1.165, 1.54) is 17.5 Å². The SMILES string of the molecule is O=C(CN1Cc2ccccc2C1)N1CCC(Nc2ncnc3cccnc23)C2(CCC2)C1. The van der Waals surface area contributed by atoms with E-state index in [4.69, 9.17) is 0 Å². The molecular formula is C25H28N6O. The molecule has 32 heavy (non-hydrogen) atoms. The fraction of sp³-hybridized carbons (Fsp3) is 0.440. The van der Waals surface area contributed by atoms with Crippen LogP contribution in [0.15, 0.2) is 48.9 Å². The average Bonchev–Trinajstić information content (AvgIpc) is 3.21. The molecule has 1 atom stereocenters. The normalized spacial score (nSPS) is 22.0. The first-order valence-electron chi connectivity index (χ1n) is 11.6. The maximum absolute atomic E-state index is 13.2. The largest absolute Gasteiger partial charge is 0.365 e. The van der Waals surface area contributed by atoms with Crippen LogP contribution < -0.4 is 5.32 Å². The number of piperidine rings is 1. The third-order valence-corrected chi connectivity index (χ3v) is 7.61. The van der Waals surface area contributed by atoms with E-state index in [9.17, 15) is 4.79 Å². The Morgan fingerprint density at radius 1 is 1.06 bits per heavy atom. The molecule has 7 heteroatoms. The number of fused-ring (bicyclic) bond motifs is 2. The number of carbonyl (C=O) groups excluding carboxylic acids is 1. The van der Waals surface area contributed by atoms with Gasteiger partial charge in [0.15, 0.2) is 5.82 Å². The van der Waals surface area contributed by atoms with E-state index in [2.05, 4.69) is 54.3 Å². The van der Waals surface area contributed by atoms with E-state index in [1.54, 1.807) is 12.5 Å². The van der Waals surface area contributed by atoms with Crippen LogP contribution in [-0.4, -0.2) is 56.3 Å². The van der Waals surface area contributed by atoms with Gasteiger partial charge in [0.2, 0.25) is 5.91 Å². The topological polar surface area (TPSA) is 74.2 Å². The second kappa shape index (κ2) is 7.81. The number of carbonyl (C=O) groups is 1. The Morgan fingerprint density at radius 3 is 2.62 bits per heavy atom. The van der Waals surface area contributed by atoms with Gasteiger partial charge in [0, 0.05) is 43.8 Å². The summed E-state index contributed by atoms with van der Waals surface area (Å²) in [6.45, 7) is 3.87. The van der Waals surface area contributed by atoms with E-state index in [0.717, 1.165) is 62.3 Å². The van der Waals surface area contributed by atoms with Gasteiger partial charge in [0.05, 0.1) is 12.1 Å². The maximum atomic E-state index is 13.2. The summed E-state index contributed by atoms with van der Waals surface area (Å²) in [4.78, 5) is 30.9. The van der Waals surface area contributed by atoms with Gasteiger partial charge < -0.3 is 10.2 Å². The second-order valence-corrected chi connectivity index (χ2v) is 9.52. The van der Waals surface area contributed by atoms with Crippen LogP contribution in [0, 0.1) is 5.41 Å². The molecule has 6 rings (SSSR count). The van der Waals surface area contributed by atoms with Crippen molar-refractivity contribution in [1.29, 1.82) is 0 Å². The van der Waals surface area contributed by atoms with Crippen molar-refractivity contribution in [3.63, 3.8) is 0 Å². The first-order valence-corrected chi connectivity index (χ1v) is 11.6. The molecule has 3 aliphatic rings. The minimum atomic E-state index is 0.133. The quantitative estimate of drug-likeness (QED) is 0.688. The molecule has 1 saturated carbocycles. The zero-order chi connectivity index (χ0) is 21.5. The molecule has 0 radical (unpaired) electrons. The summed E-state index contributed by atoms with van der Waals surface area (Å²) in [5.74, 6) is 1.07. The molecule has 4 heterocycles. The number of amides is 1. The summed E-state index contributed by atoms with van der Waals surface area (Å²) in [5, 5.41) is 3.70. The van der Waals surface area contributed by atoms with Gasteiger partial charge in [-0.05, 0) is 42.5 Å². The highest BCUT2D eigenvalue weighted by molar-refractivity contribution is 5.84. The molecule has 1 aromatic carbocycles. The van der Waals surface area contributed by atoms with Crippen LogP contribution in [0.1, 0.15) is 36.8 Å². The van der Waals surface area contributed by atoms with Crippen molar-refractivity contribution in [2.24, 2.45) is 5.41 Å². The maximum Gasteiger partial charge on any atom is 0.236 e. The second-order valence-electron chi connectivity index (χ2n) is 9.52. The van der Waals surface area contributed by atoms with Crippen LogP contribution in [0.5, 0.6) is 0 Å². The van der Waals surface area contributed by atoms with Gasteiger partial charge in [0.25, 0.3) is 0 Å². The lowest BCUT2D eigenvalue weighted by molar-refractivity contribution is -0.138. The van der Waals surface area contributed by atoms with Crippen LogP contribution >= 0.6 is 0 Å². The molecule has 2 aliphatic heterocycles. The molecule has 1 N–H and O–H groups in total. The number of hydrogen-bond acceptors (Lipinski definition) is 6. The smallest absolute Gasteiger partial charge is 0.236 e. The van der Waals surface area contributed by atoms with E-state index in [0.29, 0.717) is 12.6 Å². The molecule has 2 aromatic heterocycles. The van der Waals surface area contributed by atoms with Crippen molar-refractivity contribution in [2.45, 2.75) is 44.8 Å². The molecule has 2 fully saturated rings. The Hall–Kier alpha value is -3.06. The molecule has 164 valence electrons. The first-order chi connectivity index (χ1) is 15.7. The lowest BCUT2D eigenvalue weighted by atomic mass is 9.61. The summed E-state index contributed by atoms with van der Waals surface area (Å²) in [5.41, 5.74) is 4.51. The summed E-state index contributed by atoms with van der Waals surface area (Å²) >= 11 is 0. The highest BCUT2D eigenvalue weighted by Gasteiger charge is 2.49. The predicted molar refractivity (Wildman–Crippen MR) is 123 cm³/mol. The molecule has 3 aromatic rings. The number of likely N-dealkylation sites (tertiary alicyclic amines) is 1. The summed E-state index contributed by atoms with van der Waals surface area (Å²) in [6.07, 6.45) is 7.86. The molecule has 1 aliphatic carbocycles. The lowest BCUT2D eigenvalue weighted by Gasteiger charge is -2.54. The first kappa shape index (κ1) is 19.6. The van der Waals surface area contributed by atoms with E-state index < -0.39 is 0 Å². The van der Waals surface area contributed by atoms with Crippen molar-refractivity contribution in [3.8, 4) is 0 Å². The van der Waals surface area contributed by atoms with Crippen molar-refractivity contribution in [1.82, 2.24) is 24.8 Å². The number of nitrogens with one attached hydrogen (secondary N) is 1. The van der Waals surface area contributed by atoms with Crippen molar-refractivity contribution in [2.75, 3.05) is 25.0 Å². The number of aromatic nitrogens is 3. The molecule has 1 spiro atoms. The van der Waals surface area contributed by atoms with E-state index >= 15 is 0 Å². The molecule has 7 nitrogen and oxygen atoms in total. The number of pyridine rings is 1. The van der Waals surface area contributed by atoms with Crippen molar-refractivity contribution < 1.29 is 4.79 Å². The zero-order valence-electron chi connectivity index (χ0n) is 18.2. The number of benzene rings is 1. The van der Waals surface area contributed by atoms with Crippen LogP contribution in [0.2, 0.25) is 0 Å². The Balaban J connectivity index is 1.14. The van der Waals surface area contributed by atoms with Gasteiger partial charge >= 0.3 is 0 Å². The molecule has 1 amide bonds. The van der Waals surface area contributed by atoms with Gasteiger partial charge in [-0.1, -0.05) is 30.7 Å². The Bertz CT molecular complexity index is 1130. The Labute approximate surface area is 187 Å². The third-order valence-electron chi connectivity index (χ3n) is 7.61. The molecule has 1 unspecified atom stereocenters. The van der Waals surface area contributed by atoms with Gasteiger partial charge in [-0.3, -0.25) is 14.7 Å². The van der Waals surface area contributed by atoms with Gasteiger partial charge in [-0.2, -0.15) is 0 Å². The van der Waals surface area contributed by atoms with Gasteiger partial charge in [-0.25, -0.2) is 9.97 Å². The van der Waals surface area contributed by atoms with E-state index in [-0.39, 0.29) is 11.3 Å². The van der Waals surface area contributed by atoms with E-state index in [1.807, 2.05) is 12.1 Å². The molecule has 1 saturated heterocycles. The third kappa shape index (κ3) is 3.41. The van der Waals surface area contributed by atoms with Crippen molar-refractivity contribution >= 4 is 22.8 Å². The average molecular weight is 429 g/mol. The van der Waals surface area contributed by atoms with Gasteiger partial charge in [0.1, 0.15) is 11.8 Å². The Morgan fingerprint density at radius 2 is 1.88 bits per heavy atom. The fourth-order valence-electron chi connectivity index (χ4n) is 5.71. The highest BCUT2D eigenvalue weighted by Crippen LogP contribution is 2.48. The Kier molecular flexibility index (Phi) is 4.79. The highest BCUT2D eigenvalue weighted by atomic mass is 16.2. The standard InChI is InChI=1S/C25H28N6O/c32-22(15-30-13-18-5-1-2-6-19(18)14-30)31-12-8-21(25(16-31)9-4-10-25)29-24-23-20(27-17-28-24)7-3-11-26-23/h1-3,5-7,11,17,21H,4,8-10,12-16H2,(H,27,28,29). The summed E-state index contributed by atoms with van der Waals surface area (Å²) < 4.78 is 0. The summed E-state index contributed by atoms with van der Waals surface area (Å²) in [6, 6.07) is 12.7. The lowest BCUT2D eigenvalue weighted by Crippen LogP contribution is -2.59. The summed E-state index contributed by atoms with van der Waals surface area (Å²) in [7, 11) is 0. The van der Waals surface area contributed by atoms with Crippen molar-refractivity contribution in [3.05, 3.63) is 60.0 Å². The number of hydrogen-bond donors (Lipinski definition) is 1. The van der Waals surface area contributed by atoms with Crippen LogP contribution in [0.3, 0.4) is 0 Å². The fourth-order valence-corrected chi connectivity index (χ4v) is 5.71. The molecule has 0 bridgehead atoms. The van der Waals surface area contributed by atoms with Crippen LogP contribution in [0.25, 0.3) is 11.0 Å². The van der Waals surface area contributed by atoms with Crippen LogP contribution in [0.4, 0.5) is 5.82 Å². The number of nitrogens with zero attached hydrogens (tertiary/aromatic N) is 5. The van der Waals surface area contributed by atoms with Crippen LogP contribution in [-0.2, 0) is 17.9 Å².